The van der Waals surface area contributed by atoms with Crippen molar-refractivity contribution in [3.63, 3.8) is 0 Å². The summed E-state index contributed by atoms with van der Waals surface area (Å²) in [7, 11) is 1.84. The molecule has 0 saturated carbocycles. The van der Waals surface area contributed by atoms with Gasteiger partial charge >= 0.3 is 58.2 Å². The van der Waals surface area contributed by atoms with Crippen molar-refractivity contribution in [1.82, 2.24) is 4.57 Å². The van der Waals surface area contributed by atoms with Gasteiger partial charge in [0, 0.05) is 13.2 Å². The van der Waals surface area contributed by atoms with Crippen LogP contribution in [0.4, 0.5) is 5.69 Å². The van der Waals surface area contributed by atoms with Crippen LogP contribution in [0.2, 0.25) is 0 Å². The van der Waals surface area contributed by atoms with Gasteiger partial charge in [0.05, 0.1) is 0 Å². The van der Waals surface area contributed by atoms with Crippen molar-refractivity contribution in [3.8, 4) is 0 Å². The van der Waals surface area contributed by atoms with Gasteiger partial charge in [-0.05, 0) is 12.1 Å². The summed E-state index contributed by atoms with van der Waals surface area (Å²) in [6.07, 6.45) is 1.84. The Balaban J connectivity index is 0.00000128. The predicted molar refractivity (Wildman–Crippen MR) is 58.6 cm³/mol. The van der Waals surface area contributed by atoms with Crippen molar-refractivity contribution in [2.24, 2.45) is 7.05 Å². The van der Waals surface area contributed by atoms with Gasteiger partial charge in [-0.15, -0.1) is 6.07 Å². The summed E-state index contributed by atoms with van der Waals surface area (Å²) in [5.41, 5.74) is 1.39. The molecule has 3 nitrogen and oxygen atoms in total. The zero-order valence-corrected chi connectivity index (χ0v) is 14.3. The van der Waals surface area contributed by atoms with Gasteiger partial charge in [0.15, 0.2) is 0 Å². The van der Waals surface area contributed by atoms with Crippen LogP contribution in [0.3, 0.4) is 0 Å². The Bertz CT molecular complexity index is 465. The van der Waals surface area contributed by atoms with Crippen LogP contribution in [-0.2, 0) is 7.05 Å². The number of anilines is 1. The molecule has 0 aliphatic carbocycles. The molecule has 0 aliphatic rings. The van der Waals surface area contributed by atoms with E-state index in [0.717, 1.165) is 5.69 Å². The minimum atomic E-state index is -0.109. The summed E-state index contributed by atoms with van der Waals surface area (Å²) in [6, 6.07) is 13.7. The topological polar surface area (TPSA) is 34.0 Å². The van der Waals surface area contributed by atoms with Gasteiger partial charge in [0.1, 0.15) is 5.69 Å². The number of benzene rings is 1. The second kappa shape index (κ2) is 6.50. The van der Waals surface area contributed by atoms with Crippen LogP contribution >= 0.6 is 0 Å². The number of hydrogen-bond acceptors (Lipinski definition) is 1. The smallest absolute Gasteiger partial charge is 0.374 e. The predicted octanol–water partition coefficient (Wildman–Crippen LogP) is -0.918. The number of aromatic nitrogens is 1. The van der Waals surface area contributed by atoms with E-state index in [2.05, 4.69) is 11.4 Å². The van der Waals surface area contributed by atoms with Crippen LogP contribution in [-0.4, -0.2) is 10.5 Å². The minimum absolute atomic E-state index is 0. The summed E-state index contributed by atoms with van der Waals surface area (Å²) in [5, 5.41) is 2.79. The Morgan fingerprint density at radius 1 is 1.38 bits per heavy atom. The Kier molecular flexibility index (Phi) is 5.62. The molecular formula is C12H11N2ORb. The summed E-state index contributed by atoms with van der Waals surface area (Å²) < 4.78 is 1.78. The molecule has 0 fully saturated rings. The van der Waals surface area contributed by atoms with Crippen LogP contribution in [0.5, 0.6) is 0 Å². The van der Waals surface area contributed by atoms with Crippen molar-refractivity contribution >= 4 is 11.6 Å². The van der Waals surface area contributed by atoms with Crippen LogP contribution in [0, 0.1) is 6.07 Å². The quantitative estimate of drug-likeness (QED) is 0.712. The number of carbonyl (C=O) groups excluding carboxylic acids is 1. The van der Waals surface area contributed by atoms with E-state index < -0.39 is 0 Å². The average molecular weight is 285 g/mol. The zero-order valence-electron chi connectivity index (χ0n) is 9.40. The molecule has 2 rings (SSSR count). The van der Waals surface area contributed by atoms with E-state index >= 15 is 0 Å². The maximum absolute atomic E-state index is 11.8. The van der Waals surface area contributed by atoms with Crippen LogP contribution in [0.15, 0.2) is 42.6 Å². The maximum atomic E-state index is 11.8. The SMILES string of the molecule is Cn1cccc1C(=O)Nc1c[c-]ccc1.[Rb+]. The van der Waals surface area contributed by atoms with E-state index in [9.17, 15) is 4.79 Å². The summed E-state index contributed by atoms with van der Waals surface area (Å²) in [4.78, 5) is 11.8. The molecule has 1 aromatic heterocycles. The van der Waals surface area contributed by atoms with Crippen molar-refractivity contribution in [2.75, 3.05) is 5.32 Å². The fraction of sp³-hybridized carbons (Fsp3) is 0.0833. The Morgan fingerprint density at radius 2 is 2.19 bits per heavy atom. The number of aryl methyl sites for hydroxylation is 1. The van der Waals surface area contributed by atoms with Gasteiger partial charge in [0.25, 0.3) is 5.91 Å². The number of hydrogen-bond donors (Lipinski definition) is 1. The first-order chi connectivity index (χ1) is 7.27. The van der Waals surface area contributed by atoms with Gasteiger partial charge in [-0.2, -0.15) is 24.3 Å². The molecule has 0 atom stereocenters. The molecular weight excluding hydrogens is 274 g/mol. The number of nitrogens with zero attached hydrogens (tertiary/aromatic N) is 1. The molecule has 1 heterocycles. The third-order valence-corrected chi connectivity index (χ3v) is 2.14. The summed E-state index contributed by atoms with van der Waals surface area (Å²) in [6.45, 7) is 0. The second-order valence-corrected chi connectivity index (χ2v) is 3.25. The van der Waals surface area contributed by atoms with Crippen molar-refractivity contribution < 1.29 is 63.0 Å². The molecule has 0 spiro atoms. The maximum Gasteiger partial charge on any atom is 1.00 e. The summed E-state index contributed by atoms with van der Waals surface area (Å²) >= 11 is 0. The first-order valence-electron chi connectivity index (χ1n) is 4.66. The number of rotatable bonds is 2. The molecule has 2 aromatic rings. The van der Waals surface area contributed by atoms with Gasteiger partial charge in [0.2, 0.25) is 0 Å². The Labute approximate surface area is 144 Å². The van der Waals surface area contributed by atoms with Crippen molar-refractivity contribution in [3.05, 3.63) is 54.4 Å². The monoisotopic (exact) mass is 284 g/mol. The third kappa shape index (κ3) is 3.38. The van der Waals surface area contributed by atoms with E-state index in [1.807, 2.05) is 31.4 Å². The van der Waals surface area contributed by atoms with E-state index in [1.165, 1.54) is 0 Å². The molecule has 0 saturated heterocycles. The molecule has 0 bridgehead atoms. The Hall–Kier alpha value is -0.225. The van der Waals surface area contributed by atoms with E-state index in [-0.39, 0.29) is 64.1 Å². The molecule has 16 heavy (non-hydrogen) atoms. The molecule has 1 aromatic carbocycles. The fourth-order valence-electron chi connectivity index (χ4n) is 1.36. The molecule has 4 heteroatoms. The average Bonchev–Trinajstić information content (AvgIpc) is 2.66. The number of carbonyl (C=O) groups is 1. The first kappa shape index (κ1) is 13.8. The molecule has 0 unspecified atom stereocenters. The van der Waals surface area contributed by atoms with Gasteiger partial charge in [-0.25, -0.2) is 0 Å². The second-order valence-electron chi connectivity index (χ2n) is 3.25. The van der Waals surface area contributed by atoms with E-state index in [4.69, 9.17) is 0 Å². The molecule has 1 amide bonds. The molecule has 1 N–H and O–H groups in total. The fourth-order valence-corrected chi connectivity index (χ4v) is 1.36. The molecule has 76 valence electrons. The Morgan fingerprint density at radius 3 is 2.75 bits per heavy atom. The van der Waals surface area contributed by atoms with E-state index in [0.29, 0.717) is 5.69 Å². The van der Waals surface area contributed by atoms with E-state index in [1.54, 1.807) is 22.8 Å². The van der Waals surface area contributed by atoms with Gasteiger partial charge < -0.3 is 9.88 Å². The number of amides is 1. The zero-order chi connectivity index (χ0) is 10.7. The molecule has 0 aliphatic heterocycles. The number of nitrogens with one attached hydrogen (secondary N) is 1. The van der Waals surface area contributed by atoms with Gasteiger partial charge in [-0.3, -0.25) is 4.79 Å². The largest absolute Gasteiger partial charge is 1.00 e. The summed E-state index contributed by atoms with van der Waals surface area (Å²) in [5.74, 6) is -0.109. The standard InChI is InChI=1S/C12H11N2O.Rb/c1-14-9-5-8-11(14)12(15)13-10-6-3-2-4-7-10;/h2-3,5-9H,1H3,(H,13,15);/q-1;+1. The molecule has 0 radical (unpaired) electrons. The van der Waals surface area contributed by atoms with Crippen LogP contribution in [0.1, 0.15) is 10.5 Å². The van der Waals surface area contributed by atoms with Crippen molar-refractivity contribution in [2.45, 2.75) is 0 Å². The van der Waals surface area contributed by atoms with Gasteiger partial charge in [-0.1, -0.05) is 5.69 Å². The van der Waals surface area contributed by atoms with Crippen LogP contribution in [0.25, 0.3) is 0 Å². The van der Waals surface area contributed by atoms with Crippen LogP contribution < -0.4 is 63.5 Å². The first-order valence-corrected chi connectivity index (χ1v) is 4.66. The van der Waals surface area contributed by atoms with Crippen molar-refractivity contribution in [1.29, 1.82) is 0 Å². The third-order valence-electron chi connectivity index (χ3n) is 2.14. The minimum Gasteiger partial charge on any atom is -0.374 e. The normalized spacial score (nSPS) is 9.31.